The molecule has 6 heteroatoms. The van der Waals surface area contributed by atoms with Gasteiger partial charge in [-0.2, -0.15) is 10.4 Å². The third-order valence-corrected chi connectivity index (χ3v) is 4.51. The molecule has 1 aliphatic rings. The number of aromatic nitrogens is 2. The lowest BCUT2D eigenvalue weighted by molar-refractivity contribution is 0.0508. The minimum atomic E-state index is -0.0204. The Bertz CT molecular complexity index is 760. The minimum absolute atomic E-state index is 0.0117. The Morgan fingerprint density at radius 1 is 1.42 bits per heavy atom. The van der Waals surface area contributed by atoms with E-state index in [1.165, 1.54) is 0 Å². The molecule has 0 radical (unpaired) electrons. The van der Waals surface area contributed by atoms with Gasteiger partial charge in [0.15, 0.2) is 0 Å². The average Bonchev–Trinajstić information content (AvgIpc) is 3.20. The summed E-state index contributed by atoms with van der Waals surface area (Å²) in [6.07, 6.45) is 5.36. The smallest absolute Gasteiger partial charge is 0.254 e. The number of hydrogen-bond acceptors (Lipinski definition) is 4. The van der Waals surface area contributed by atoms with E-state index in [9.17, 15) is 4.79 Å². The number of nitriles is 1. The Morgan fingerprint density at radius 2 is 2.17 bits per heavy atom. The van der Waals surface area contributed by atoms with Gasteiger partial charge in [0, 0.05) is 32.5 Å². The highest BCUT2D eigenvalue weighted by atomic mass is 16.5. The van der Waals surface area contributed by atoms with E-state index in [-0.39, 0.29) is 18.1 Å². The van der Waals surface area contributed by atoms with E-state index >= 15 is 0 Å². The molecule has 2 aromatic rings. The van der Waals surface area contributed by atoms with Crippen molar-refractivity contribution in [3.63, 3.8) is 0 Å². The van der Waals surface area contributed by atoms with E-state index in [4.69, 9.17) is 10.00 Å². The first kappa shape index (κ1) is 16.2. The standard InChI is InChI=1S/C18H20N4O2/c1-21-12-14(11-20-21)9-16-17(24-2)7-8-22(16)18(23)15-5-3-13(10-19)4-6-15/h3-6,11-12,16-17H,7-9H2,1-2H3/t16-,17-/m1/s1. The van der Waals surface area contributed by atoms with Gasteiger partial charge in [-0.1, -0.05) is 0 Å². The summed E-state index contributed by atoms with van der Waals surface area (Å²) in [6.45, 7) is 0.669. The van der Waals surface area contributed by atoms with Crippen molar-refractivity contribution in [2.75, 3.05) is 13.7 Å². The fourth-order valence-corrected chi connectivity index (χ4v) is 3.27. The van der Waals surface area contributed by atoms with Gasteiger partial charge in [-0.25, -0.2) is 0 Å². The first-order valence-corrected chi connectivity index (χ1v) is 7.94. The molecule has 0 spiro atoms. The molecular formula is C18H20N4O2. The zero-order valence-corrected chi connectivity index (χ0v) is 13.8. The van der Waals surface area contributed by atoms with E-state index in [0.717, 1.165) is 12.0 Å². The van der Waals surface area contributed by atoms with Gasteiger partial charge in [0.05, 0.1) is 30.0 Å². The van der Waals surface area contributed by atoms with Crippen molar-refractivity contribution in [1.82, 2.24) is 14.7 Å². The number of carbonyl (C=O) groups is 1. The molecular weight excluding hydrogens is 304 g/mol. The molecule has 0 N–H and O–H groups in total. The van der Waals surface area contributed by atoms with Crippen molar-refractivity contribution >= 4 is 5.91 Å². The summed E-state index contributed by atoms with van der Waals surface area (Å²) in [5.41, 5.74) is 2.24. The first-order chi connectivity index (χ1) is 11.6. The second-order valence-corrected chi connectivity index (χ2v) is 6.04. The lowest BCUT2D eigenvalue weighted by atomic mass is 10.0. The predicted molar refractivity (Wildman–Crippen MR) is 88.3 cm³/mol. The lowest BCUT2D eigenvalue weighted by Crippen LogP contribution is -2.41. The quantitative estimate of drug-likeness (QED) is 0.859. The molecule has 6 nitrogen and oxygen atoms in total. The van der Waals surface area contributed by atoms with E-state index in [1.807, 2.05) is 24.3 Å². The van der Waals surface area contributed by atoms with Gasteiger partial charge in [0.2, 0.25) is 0 Å². The zero-order valence-electron chi connectivity index (χ0n) is 13.8. The summed E-state index contributed by atoms with van der Waals surface area (Å²) in [4.78, 5) is 14.8. The number of rotatable bonds is 4. The van der Waals surface area contributed by atoms with Crippen LogP contribution < -0.4 is 0 Å². The highest BCUT2D eigenvalue weighted by Gasteiger charge is 2.37. The molecule has 124 valence electrons. The van der Waals surface area contributed by atoms with Gasteiger partial charge in [-0.05, 0) is 42.7 Å². The monoisotopic (exact) mass is 324 g/mol. The summed E-state index contributed by atoms with van der Waals surface area (Å²) in [5, 5.41) is 13.1. The number of hydrogen-bond donors (Lipinski definition) is 0. The molecule has 0 aliphatic carbocycles. The van der Waals surface area contributed by atoms with Crippen LogP contribution in [-0.4, -0.2) is 46.4 Å². The zero-order chi connectivity index (χ0) is 17.1. The summed E-state index contributed by atoms with van der Waals surface area (Å²) >= 11 is 0. The normalized spacial score (nSPS) is 20.1. The van der Waals surface area contributed by atoms with Crippen LogP contribution in [0.15, 0.2) is 36.7 Å². The molecule has 3 rings (SSSR count). The third-order valence-electron chi connectivity index (χ3n) is 4.51. The van der Waals surface area contributed by atoms with Gasteiger partial charge in [-0.3, -0.25) is 9.48 Å². The van der Waals surface area contributed by atoms with Gasteiger partial charge < -0.3 is 9.64 Å². The Labute approximate surface area is 141 Å². The molecule has 2 heterocycles. The minimum Gasteiger partial charge on any atom is -0.379 e. The van der Waals surface area contributed by atoms with Crippen molar-refractivity contribution in [1.29, 1.82) is 5.26 Å². The van der Waals surface area contributed by atoms with Crippen LogP contribution in [0.25, 0.3) is 0 Å². The van der Waals surface area contributed by atoms with Crippen LogP contribution in [-0.2, 0) is 18.2 Å². The second-order valence-electron chi connectivity index (χ2n) is 6.04. The van der Waals surface area contributed by atoms with Crippen molar-refractivity contribution in [2.45, 2.75) is 25.0 Å². The SMILES string of the molecule is CO[C@@H]1CCN(C(=O)c2ccc(C#N)cc2)[C@@H]1Cc1cnn(C)c1. The molecule has 1 amide bonds. The second kappa shape index (κ2) is 6.85. The number of likely N-dealkylation sites (tertiary alicyclic amines) is 1. The number of ether oxygens (including phenoxy) is 1. The summed E-state index contributed by atoms with van der Waals surface area (Å²) < 4.78 is 7.35. The fourth-order valence-electron chi connectivity index (χ4n) is 3.27. The van der Waals surface area contributed by atoms with Gasteiger partial charge in [0.25, 0.3) is 5.91 Å². The molecule has 0 saturated carbocycles. The van der Waals surface area contributed by atoms with E-state index in [2.05, 4.69) is 11.2 Å². The Morgan fingerprint density at radius 3 is 2.75 bits per heavy atom. The first-order valence-electron chi connectivity index (χ1n) is 7.94. The highest BCUT2D eigenvalue weighted by Crippen LogP contribution is 2.26. The maximum atomic E-state index is 12.9. The fraction of sp³-hybridized carbons (Fsp3) is 0.389. The number of benzene rings is 1. The maximum Gasteiger partial charge on any atom is 0.254 e. The number of nitrogens with zero attached hydrogens (tertiary/aromatic N) is 4. The van der Waals surface area contributed by atoms with Crippen molar-refractivity contribution < 1.29 is 9.53 Å². The molecule has 1 saturated heterocycles. The topological polar surface area (TPSA) is 71.2 Å². The van der Waals surface area contributed by atoms with Crippen molar-refractivity contribution in [2.24, 2.45) is 7.05 Å². The number of carbonyl (C=O) groups excluding carboxylic acids is 1. The molecule has 1 fully saturated rings. The number of amides is 1. The van der Waals surface area contributed by atoms with Gasteiger partial charge >= 0.3 is 0 Å². The average molecular weight is 324 g/mol. The predicted octanol–water partition coefficient (Wildman–Crippen LogP) is 1.76. The van der Waals surface area contributed by atoms with Crippen LogP contribution in [0.3, 0.4) is 0 Å². The summed E-state index contributed by atoms with van der Waals surface area (Å²) in [7, 11) is 3.57. The molecule has 0 unspecified atom stereocenters. The van der Waals surface area contributed by atoms with Crippen LogP contribution in [0, 0.1) is 11.3 Å². The molecule has 1 aliphatic heterocycles. The van der Waals surface area contributed by atoms with Crippen molar-refractivity contribution in [3.05, 3.63) is 53.3 Å². The highest BCUT2D eigenvalue weighted by molar-refractivity contribution is 5.94. The van der Waals surface area contributed by atoms with E-state index in [0.29, 0.717) is 24.1 Å². The van der Waals surface area contributed by atoms with E-state index < -0.39 is 0 Å². The Hall–Kier alpha value is -2.65. The van der Waals surface area contributed by atoms with Crippen LogP contribution in [0.4, 0.5) is 0 Å². The Balaban J connectivity index is 1.81. The molecule has 24 heavy (non-hydrogen) atoms. The summed E-state index contributed by atoms with van der Waals surface area (Å²) in [5.74, 6) is -0.0204. The van der Waals surface area contributed by atoms with Crippen LogP contribution in [0.2, 0.25) is 0 Å². The van der Waals surface area contributed by atoms with Crippen LogP contribution in [0.5, 0.6) is 0 Å². The van der Waals surface area contributed by atoms with Crippen LogP contribution in [0.1, 0.15) is 27.9 Å². The third kappa shape index (κ3) is 3.17. The van der Waals surface area contributed by atoms with Crippen molar-refractivity contribution in [3.8, 4) is 6.07 Å². The summed E-state index contributed by atoms with van der Waals surface area (Å²) in [6, 6.07) is 8.83. The molecule has 1 aromatic carbocycles. The largest absolute Gasteiger partial charge is 0.379 e. The lowest BCUT2D eigenvalue weighted by Gasteiger charge is -2.27. The molecule has 2 atom stereocenters. The molecule has 0 bridgehead atoms. The van der Waals surface area contributed by atoms with Crippen LogP contribution >= 0.6 is 0 Å². The number of methoxy groups -OCH3 is 1. The number of aryl methyl sites for hydroxylation is 1. The van der Waals surface area contributed by atoms with Gasteiger partial charge in [0.1, 0.15) is 0 Å². The molecule has 1 aromatic heterocycles. The van der Waals surface area contributed by atoms with Gasteiger partial charge in [-0.15, -0.1) is 0 Å². The Kier molecular flexibility index (Phi) is 4.63. The van der Waals surface area contributed by atoms with E-state index in [1.54, 1.807) is 36.1 Å². The maximum absolute atomic E-state index is 12.9.